The Morgan fingerprint density at radius 1 is 1.38 bits per heavy atom. The Morgan fingerprint density at radius 3 is 2.69 bits per heavy atom. The highest BCUT2D eigenvalue weighted by molar-refractivity contribution is 9.10. The zero-order valence-electron chi connectivity index (χ0n) is 9.24. The number of ketones is 1. The summed E-state index contributed by atoms with van der Waals surface area (Å²) in [4.78, 5) is 11.7. The van der Waals surface area contributed by atoms with Crippen LogP contribution < -0.4 is 0 Å². The van der Waals surface area contributed by atoms with Crippen molar-refractivity contribution in [1.29, 1.82) is 0 Å². The Kier molecular flexibility index (Phi) is 6.76. The number of halogens is 1. The first-order valence-corrected chi connectivity index (χ1v) is 7.04. The van der Waals surface area contributed by atoms with Gasteiger partial charge in [-0.05, 0) is 24.3 Å². The fourth-order valence-corrected chi connectivity index (χ4v) is 2.27. The molecule has 1 aromatic rings. The monoisotopic (exact) mass is 302 g/mol. The van der Waals surface area contributed by atoms with E-state index in [1.165, 1.54) is 0 Å². The number of hydrogen-bond acceptors (Lipinski definition) is 3. The maximum Gasteiger partial charge on any atom is 0.172 e. The number of carbonyl (C=O) groups is 1. The number of thioether (sulfide) groups is 1. The zero-order valence-corrected chi connectivity index (χ0v) is 11.6. The topological polar surface area (TPSA) is 26.3 Å². The lowest BCUT2D eigenvalue weighted by molar-refractivity contribution is 0.102. The van der Waals surface area contributed by atoms with E-state index in [4.69, 9.17) is 4.74 Å². The van der Waals surface area contributed by atoms with Crippen LogP contribution in [-0.2, 0) is 4.74 Å². The van der Waals surface area contributed by atoms with Gasteiger partial charge in [0.15, 0.2) is 5.78 Å². The van der Waals surface area contributed by atoms with Gasteiger partial charge < -0.3 is 4.74 Å². The van der Waals surface area contributed by atoms with Gasteiger partial charge in [0.25, 0.3) is 0 Å². The molecule has 0 radical (unpaired) electrons. The molecule has 0 saturated carbocycles. The summed E-state index contributed by atoms with van der Waals surface area (Å²) in [5, 5.41) is 0. The number of carbonyl (C=O) groups excluding carboxylic acids is 1. The number of hydrogen-bond donors (Lipinski definition) is 0. The third-order valence-corrected chi connectivity index (χ3v) is 3.61. The predicted octanol–water partition coefficient (Wildman–Crippen LogP) is 3.40. The van der Waals surface area contributed by atoms with E-state index in [1.54, 1.807) is 18.9 Å². The van der Waals surface area contributed by atoms with E-state index in [-0.39, 0.29) is 5.78 Å². The van der Waals surface area contributed by atoms with Gasteiger partial charge in [-0.3, -0.25) is 4.79 Å². The van der Waals surface area contributed by atoms with Crippen molar-refractivity contribution in [1.82, 2.24) is 0 Å². The second kappa shape index (κ2) is 7.87. The summed E-state index contributed by atoms with van der Waals surface area (Å²) in [5.74, 6) is 1.71. The molecule has 2 nitrogen and oxygen atoms in total. The summed E-state index contributed by atoms with van der Waals surface area (Å²) in [5.41, 5.74) is 0.780. The molecule has 0 heterocycles. The summed E-state index contributed by atoms with van der Waals surface area (Å²) >= 11 is 5.00. The molecule has 0 aliphatic heterocycles. The fraction of sp³-hybridized carbons (Fsp3) is 0.417. The maximum absolute atomic E-state index is 11.7. The van der Waals surface area contributed by atoms with Gasteiger partial charge in [-0.15, -0.1) is 0 Å². The highest BCUT2D eigenvalue weighted by Crippen LogP contribution is 2.13. The Labute approximate surface area is 109 Å². The van der Waals surface area contributed by atoms with Crippen LogP contribution in [0, 0.1) is 0 Å². The fourth-order valence-electron chi connectivity index (χ4n) is 1.19. The van der Waals surface area contributed by atoms with Gasteiger partial charge in [-0.1, -0.05) is 28.1 Å². The van der Waals surface area contributed by atoms with E-state index in [0.717, 1.165) is 28.8 Å². The quantitative estimate of drug-likeness (QED) is 0.570. The molecule has 4 heteroatoms. The molecule has 0 N–H and O–H groups in total. The van der Waals surface area contributed by atoms with E-state index >= 15 is 0 Å². The number of Topliss-reactive ketones (excluding diaryl/α,β-unsaturated/α-hetero) is 1. The standard InChI is InChI=1S/C12H15BrO2S/c1-15-7-2-8-16-9-12(14)10-3-5-11(13)6-4-10/h3-6H,2,7-9H2,1H3. The molecule has 1 rings (SSSR count). The minimum atomic E-state index is 0.190. The van der Waals surface area contributed by atoms with Crippen LogP contribution in [0.5, 0.6) is 0 Å². The van der Waals surface area contributed by atoms with Crippen molar-refractivity contribution in [2.45, 2.75) is 6.42 Å². The lowest BCUT2D eigenvalue weighted by atomic mass is 10.2. The smallest absolute Gasteiger partial charge is 0.172 e. The van der Waals surface area contributed by atoms with Crippen LogP contribution in [0.3, 0.4) is 0 Å². The molecule has 1 aromatic carbocycles. The average Bonchev–Trinajstić information content (AvgIpc) is 2.29. The molecule has 0 atom stereocenters. The average molecular weight is 303 g/mol. The van der Waals surface area contributed by atoms with Crippen LogP contribution in [0.4, 0.5) is 0 Å². The molecule has 0 aromatic heterocycles. The van der Waals surface area contributed by atoms with Crippen LogP contribution in [0.1, 0.15) is 16.8 Å². The molecule has 0 bridgehead atoms. The Bertz CT molecular complexity index is 324. The molecular formula is C12H15BrO2S. The van der Waals surface area contributed by atoms with E-state index < -0.39 is 0 Å². The third kappa shape index (κ3) is 5.14. The number of methoxy groups -OCH3 is 1. The third-order valence-electron chi connectivity index (χ3n) is 2.04. The normalized spacial score (nSPS) is 10.4. The van der Waals surface area contributed by atoms with Crippen LogP contribution >= 0.6 is 27.7 Å². The molecule has 0 amide bonds. The van der Waals surface area contributed by atoms with Crippen molar-refractivity contribution < 1.29 is 9.53 Å². The van der Waals surface area contributed by atoms with Gasteiger partial charge in [0.1, 0.15) is 0 Å². The Balaban J connectivity index is 2.27. The van der Waals surface area contributed by atoms with Crippen LogP contribution in [0.25, 0.3) is 0 Å². The number of ether oxygens (including phenoxy) is 1. The SMILES string of the molecule is COCCCSCC(=O)c1ccc(Br)cc1. The summed E-state index contributed by atoms with van der Waals surface area (Å²) in [6.45, 7) is 0.763. The first-order chi connectivity index (χ1) is 7.74. The molecule has 88 valence electrons. The zero-order chi connectivity index (χ0) is 11.8. The second-order valence-electron chi connectivity index (χ2n) is 3.33. The van der Waals surface area contributed by atoms with Gasteiger partial charge >= 0.3 is 0 Å². The van der Waals surface area contributed by atoms with Crippen LogP contribution in [0.2, 0.25) is 0 Å². The molecule has 0 unspecified atom stereocenters. The van der Waals surface area contributed by atoms with Crippen molar-refractivity contribution >= 4 is 33.5 Å². The van der Waals surface area contributed by atoms with E-state index in [1.807, 2.05) is 24.3 Å². The Hall–Kier alpha value is -0.320. The lowest BCUT2D eigenvalue weighted by Gasteiger charge is -2.01. The van der Waals surface area contributed by atoms with Crippen molar-refractivity contribution in [3.05, 3.63) is 34.3 Å². The summed E-state index contributed by atoms with van der Waals surface area (Å²) in [7, 11) is 1.69. The van der Waals surface area contributed by atoms with Gasteiger partial charge in [0.2, 0.25) is 0 Å². The van der Waals surface area contributed by atoms with E-state index in [9.17, 15) is 4.79 Å². The van der Waals surface area contributed by atoms with Crippen LogP contribution in [-0.4, -0.2) is 31.0 Å². The van der Waals surface area contributed by atoms with Gasteiger partial charge in [0.05, 0.1) is 5.75 Å². The predicted molar refractivity (Wildman–Crippen MR) is 72.3 cm³/mol. The molecular weight excluding hydrogens is 288 g/mol. The number of rotatable bonds is 7. The number of benzene rings is 1. The maximum atomic E-state index is 11.7. The largest absolute Gasteiger partial charge is 0.385 e. The second-order valence-corrected chi connectivity index (χ2v) is 5.35. The minimum Gasteiger partial charge on any atom is -0.385 e. The molecule has 0 aliphatic rings. The summed E-state index contributed by atoms with van der Waals surface area (Å²) < 4.78 is 5.94. The van der Waals surface area contributed by atoms with Crippen molar-refractivity contribution in [2.24, 2.45) is 0 Å². The summed E-state index contributed by atoms with van der Waals surface area (Å²) in [6.07, 6.45) is 0.995. The molecule has 0 spiro atoms. The van der Waals surface area contributed by atoms with Gasteiger partial charge in [-0.2, -0.15) is 11.8 Å². The molecule has 0 saturated heterocycles. The van der Waals surface area contributed by atoms with Crippen molar-refractivity contribution in [3.8, 4) is 0 Å². The van der Waals surface area contributed by atoms with Crippen molar-refractivity contribution in [2.75, 3.05) is 25.2 Å². The highest BCUT2D eigenvalue weighted by Gasteiger charge is 2.04. The summed E-state index contributed by atoms with van der Waals surface area (Å²) in [6, 6.07) is 7.48. The van der Waals surface area contributed by atoms with Gasteiger partial charge in [0, 0.05) is 23.8 Å². The van der Waals surface area contributed by atoms with Crippen LogP contribution in [0.15, 0.2) is 28.7 Å². The van der Waals surface area contributed by atoms with E-state index in [0.29, 0.717) is 5.75 Å². The molecule has 0 aliphatic carbocycles. The Morgan fingerprint density at radius 2 is 2.06 bits per heavy atom. The molecule has 16 heavy (non-hydrogen) atoms. The first-order valence-electron chi connectivity index (χ1n) is 5.09. The first kappa shape index (κ1) is 13.7. The molecule has 0 fully saturated rings. The van der Waals surface area contributed by atoms with Gasteiger partial charge in [-0.25, -0.2) is 0 Å². The van der Waals surface area contributed by atoms with Crippen molar-refractivity contribution in [3.63, 3.8) is 0 Å². The minimum absolute atomic E-state index is 0.190. The highest BCUT2D eigenvalue weighted by atomic mass is 79.9. The van der Waals surface area contributed by atoms with E-state index in [2.05, 4.69) is 15.9 Å². The lowest BCUT2D eigenvalue weighted by Crippen LogP contribution is -2.03.